The van der Waals surface area contributed by atoms with Gasteiger partial charge in [-0.15, -0.1) is 0 Å². The lowest BCUT2D eigenvalue weighted by molar-refractivity contribution is 0.414. The van der Waals surface area contributed by atoms with Crippen LogP contribution in [0.4, 0.5) is 0 Å². The van der Waals surface area contributed by atoms with Gasteiger partial charge >= 0.3 is 0 Å². The van der Waals surface area contributed by atoms with Gasteiger partial charge in [-0.1, -0.05) is 12.1 Å². The molecular formula is C18H25N5O. The van der Waals surface area contributed by atoms with Crippen molar-refractivity contribution in [3.8, 4) is 5.75 Å². The van der Waals surface area contributed by atoms with Gasteiger partial charge < -0.3 is 15.0 Å². The lowest BCUT2D eigenvalue weighted by atomic mass is 9.98. The number of hydrogen-bond acceptors (Lipinski definition) is 3. The normalized spacial score (nSPS) is 18.0. The van der Waals surface area contributed by atoms with Gasteiger partial charge in [-0.2, -0.15) is 5.10 Å². The molecule has 0 amide bonds. The molecule has 1 aliphatic heterocycles. The highest BCUT2D eigenvalue weighted by atomic mass is 16.5. The Labute approximate surface area is 143 Å². The van der Waals surface area contributed by atoms with E-state index in [1.54, 1.807) is 13.3 Å². The largest absolute Gasteiger partial charge is 0.497 e. The van der Waals surface area contributed by atoms with Crippen molar-refractivity contribution in [2.24, 2.45) is 4.99 Å². The van der Waals surface area contributed by atoms with E-state index in [0.717, 1.165) is 44.3 Å². The van der Waals surface area contributed by atoms with Crippen molar-refractivity contribution >= 4 is 5.96 Å². The summed E-state index contributed by atoms with van der Waals surface area (Å²) in [6, 6.07) is 10.3. The molecule has 1 aliphatic rings. The molecule has 2 heterocycles. The van der Waals surface area contributed by atoms with Gasteiger partial charge in [0.05, 0.1) is 13.7 Å². The fourth-order valence-corrected chi connectivity index (χ4v) is 3.15. The Hall–Kier alpha value is -2.50. The van der Waals surface area contributed by atoms with E-state index >= 15 is 0 Å². The average molecular weight is 327 g/mol. The summed E-state index contributed by atoms with van der Waals surface area (Å²) in [7, 11) is 3.54. The van der Waals surface area contributed by atoms with Crippen molar-refractivity contribution in [1.29, 1.82) is 0 Å². The minimum absolute atomic E-state index is 0.542. The number of methoxy groups -OCH3 is 1. The van der Waals surface area contributed by atoms with Crippen molar-refractivity contribution in [2.75, 3.05) is 33.8 Å². The first-order valence-corrected chi connectivity index (χ1v) is 8.37. The standard InChI is InChI=1S/C18H25N5O/c1-19-18(20-10-13-23-11-3-9-21-23)22-12-8-16(14-22)15-4-6-17(24-2)7-5-15/h3-7,9,11,16H,8,10,12-14H2,1-2H3,(H,19,20). The van der Waals surface area contributed by atoms with Crippen LogP contribution in [0, 0.1) is 0 Å². The number of aromatic nitrogens is 2. The first kappa shape index (κ1) is 16.4. The Morgan fingerprint density at radius 2 is 2.21 bits per heavy atom. The molecule has 0 aliphatic carbocycles. The minimum Gasteiger partial charge on any atom is -0.497 e. The molecule has 3 rings (SSSR count). The molecule has 1 unspecified atom stereocenters. The Bertz CT molecular complexity index is 651. The quantitative estimate of drug-likeness (QED) is 0.674. The maximum atomic E-state index is 5.24. The fraction of sp³-hybridized carbons (Fsp3) is 0.444. The van der Waals surface area contributed by atoms with Crippen LogP contribution in [-0.4, -0.2) is 54.4 Å². The van der Waals surface area contributed by atoms with Gasteiger partial charge in [0.25, 0.3) is 0 Å². The molecule has 128 valence electrons. The Kier molecular flexibility index (Phi) is 5.36. The maximum Gasteiger partial charge on any atom is 0.193 e. The van der Waals surface area contributed by atoms with Crippen LogP contribution in [0.15, 0.2) is 47.7 Å². The van der Waals surface area contributed by atoms with Gasteiger partial charge in [0.15, 0.2) is 5.96 Å². The van der Waals surface area contributed by atoms with Crippen LogP contribution in [0.2, 0.25) is 0 Å². The molecule has 1 atom stereocenters. The molecule has 1 N–H and O–H groups in total. The van der Waals surface area contributed by atoms with E-state index in [9.17, 15) is 0 Å². The number of nitrogens with one attached hydrogen (secondary N) is 1. The Balaban J connectivity index is 1.52. The van der Waals surface area contributed by atoms with Crippen molar-refractivity contribution in [3.05, 3.63) is 48.3 Å². The zero-order valence-electron chi connectivity index (χ0n) is 14.4. The lowest BCUT2D eigenvalue weighted by Crippen LogP contribution is -2.41. The van der Waals surface area contributed by atoms with E-state index in [1.807, 2.05) is 36.1 Å². The summed E-state index contributed by atoms with van der Waals surface area (Å²) in [6.45, 7) is 3.67. The minimum atomic E-state index is 0.542. The van der Waals surface area contributed by atoms with E-state index < -0.39 is 0 Å². The third-order valence-corrected chi connectivity index (χ3v) is 4.47. The maximum absolute atomic E-state index is 5.24. The summed E-state index contributed by atoms with van der Waals surface area (Å²) in [5.74, 6) is 2.42. The summed E-state index contributed by atoms with van der Waals surface area (Å²) >= 11 is 0. The van der Waals surface area contributed by atoms with Gasteiger partial charge in [0, 0.05) is 45.0 Å². The van der Waals surface area contributed by atoms with Crippen LogP contribution in [0.25, 0.3) is 0 Å². The van der Waals surface area contributed by atoms with Crippen molar-refractivity contribution in [3.63, 3.8) is 0 Å². The molecule has 1 aromatic heterocycles. The Morgan fingerprint density at radius 1 is 1.38 bits per heavy atom. The summed E-state index contributed by atoms with van der Waals surface area (Å²) in [5, 5.41) is 7.65. The molecule has 1 aromatic carbocycles. The highest BCUT2D eigenvalue weighted by molar-refractivity contribution is 5.80. The Morgan fingerprint density at radius 3 is 2.88 bits per heavy atom. The summed E-state index contributed by atoms with van der Waals surface area (Å²) in [5.41, 5.74) is 1.37. The van der Waals surface area contributed by atoms with Crippen molar-refractivity contribution in [2.45, 2.75) is 18.9 Å². The monoisotopic (exact) mass is 327 g/mol. The van der Waals surface area contributed by atoms with E-state index in [2.05, 4.69) is 32.4 Å². The van der Waals surface area contributed by atoms with Gasteiger partial charge in [0.2, 0.25) is 0 Å². The zero-order chi connectivity index (χ0) is 16.8. The second kappa shape index (κ2) is 7.86. The van der Waals surface area contributed by atoms with Crippen LogP contribution in [0.3, 0.4) is 0 Å². The number of benzene rings is 1. The lowest BCUT2D eigenvalue weighted by Gasteiger charge is -2.22. The molecule has 0 saturated carbocycles. The SMILES string of the molecule is CN=C(NCCn1cccn1)N1CCC(c2ccc(OC)cc2)C1. The van der Waals surface area contributed by atoms with Gasteiger partial charge in [0.1, 0.15) is 5.75 Å². The van der Waals surface area contributed by atoms with E-state index in [1.165, 1.54) is 5.56 Å². The summed E-state index contributed by atoms with van der Waals surface area (Å²) < 4.78 is 7.16. The summed E-state index contributed by atoms with van der Waals surface area (Å²) in [6.07, 6.45) is 4.92. The molecule has 24 heavy (non-hydrogen) atoms. The number of rotatable bonds is 5. The number of hydrogen-bond donors (Lipinski definition) is 1. The zero-order valence-corrected chi connectivity index (χ0v) is 14.4. The van der Waals surface area contributed by atoms with Gasteiger partial charge in [-0.3, -0.25) is 9.67 Å². The number of likely N-dealkylation sites (tertiary alicyclic amines) is 1. The fourth-order valence-electron chi connectivity index (χ4n) is 3.15. The summed E-state index contributed by atoms with van der Waals surface area (Å²) in [4.78, 5) is 6.76. The van der Waals surface area contributed by atoms with Crippen molar-refractivity contribution < 1.29 is 4.74 Å². The second-order valence-corrected chi connectivity index (χ2v) is 5.95. The van der Waals surface area contributed by atoms with Crippen LogP contribution in [0.1, 0.15) is 17.9 Å². The average Bonchev–Trinajstić information content (AvgIpc) is 3.31. The first-order valence-electron chi connectivity index (χ1n) is 8.37. The van der Waals surface area contributed by atoms with E-state index in [4.69, 9.17) is 4.74 Å². The van der Waals surface area contributed by atoms with Gasteiger partial charge in [-0.05, 0) is 30.2 Å². The number of nitrogens with zero attached hydrogens (tertiary/aromatic N) is 4. The third-order valence-electron chi connectivity index (χ3n) is 4.47. The van der Waals surface area contributed by atoms with Crippen LogP contribution >= 0.6 is 0 Å². The highest BCUT2D eigenvalue weighted by Gasteiger charge is 2.25. The van der Waals surface area contributed by atoms with E-state index in [-0.39, 0.29) is 0 Å². The predicted molar refractivity (Wildman–Crippen MR) is 95.5 cm³/mol. The molecule has 2 aromatic rings. The molecule has 0 spiro atoms. The molecule has 1 fully saturated rings. The van der Waals surface area contributed by atoms with Crippen molar-refractivity contribution in [1.82, 2.24) is 20.0 Å². The molecular weight excluding hydrogens is 302 g/mol. The number of ether oxygens (including phenoxy) is 1. The third kappa shape index (κ3) is 3.88. The molecule has 6 nitrogen and oxygen atoms in total. The molecule has 1 saturated heterocycles. The second-order valence-electron chi connectivity index (χ2n) is 5.95. The number of aliphatic imine (C=N–C) groups is 1. The first-order chi connectivity index (χ1) is 11.8. The van der Waals surface area contributed by atoms with E-state index in [0.29, 0.717) is 5.92 Å². The number of guanidine groups is 1. The predicted octanol–water partition coefficient (Wildman–Crippen LogP) is 1.96. The van der Waals surface area contributed by atoms with Gasteiger partial charge in [-0.25, -0.2) is 0 Å². The smallest absolute Gasteiger partial charge is 0.193 e. The topological polar surface area (TPSA) is 54.7 Å². The van der Waals surface area contributed by atoms with Crippen LogP contribution in [-0.2, 0) is 6.54 Å². The molecule has 0 bridgehead atoms. The molecule has 6 heteroatoms. The van der Waals surface area contributed by atoms with Crippen LogP contribution in [0.5, 0.6) is 5.75 Å². The molecule has 0 radical (unpaired) electrons. The van der Waals surface area contributed by atoms with Crippen LogP contribution < -0.4 is 10.1 Å². The highest BCUT2D eigenvalue weighted by Crippen LogP contribution is 2.28.